The van der Waals surface area contributed by atoms with E-state index in [1.54, 1.807) is 12.1 Å². The fraction of sp³-hybridized carbons (Fsp3) is 0.500. The Kier molecular flexibility index (Phi) is 4.24. The van der Waals surface area contributed by atoms with Gasteiger partial charge >= 0.3 is 0 Å². The molecule has 1 aliphatic rings. The summed E-state index contributed by atoms with van der Waals surface area (Å²) < 4.78 is 0. The van der Waals surface area contributed by atoms with E-state index in [0.717, 1.165) is 25.2 Å². The van der Waals surface area contributed by atoms with Crippen LogP contribution in [-0.4, -0.2) is 47.2 Å². The monoisotopic (exact) mass is 251 g/mol. The molecule has 1 atom stereocenters. The second-order valence-electron chi connectivity index (χ2n) is 4.44. The highest BCUT2D eigenvalue weighted by molar-refractivity contribution is 5.34. The lowest BCUT2D eigenvalue weighted by Gasteiger charge is -2.35. The van der Waals surface area contributed by atoms with Crippen molar-refractivity contribution in [3.05, 3.63) is 39.9 Å². The van der Waals surface area contributed by atoms with E-state index in [1.807, 2.05) is 6.07 Å². The maximum Gasteiger partial charge on any atom is 0.269 e. The van der Waals surface area contributed by atoms with Gasteiger partial charge in [0.25, 0.3) is 5.69 Å². The lowest BCUT2D eigenvalue weighted by molar-refractivity contribution is -0.384. The zero-order valence-electron chi connectivity index (χ0n) is 10.1. The van der Waals surface area contributed by atoms with Crippen LogP contribution in [0.3, 0.4) is 0 Å². The van der Waals surface area contributed by atoms with Crippen molar-refractivity contribution in [3.63, 3.8) is 0 Å². The number of hydrogen-bond acceptors (Lipinski definition) is 5. The molecule has 0 radical (unpaired) electrons. The van der Waals surface area contributed by atoms with Gasteiger partial charge in [-0.2, -0.15) is 0 Å². The van der Waals surface area contributed by atoms with E-state index >= 15 is 0 Å². The lowest BCUT2D eigenvalue weighted by atomic mass is 10.1. The normalized spacial score (nSPS) is 20.8. The van der Waals surface area contributed by atoms with Crippen molar-refractivity contribution in [1.29, 1.82) is 0 Å². The number of benzene rings is 1. The van der Waals surface area contributed by atoms with Crippen molar-refractivity contribution in [2.75, 3.05) is 26.2 Å². The summed E-state index contributed by atoms with van der Waals surface area (Å²) in [6.45, 7) is 3.21. The van der Waals surface area contributed by atoms with Gasteiger partial charge in [0.15, 0.2) is 0 Å². The zero-order chi connectivity index (χ0) is 13.0. The summed E-state index contributed by atoms with van der Waals surface area (Å²) in [5.74, 6) is 0. The Morgan fingerprint density at radius 1 is 1.56 bits per heavy atom. The third-order valence-electron chi connectivity index (χ3n) is 3.19. The van der Waals surface area contributed by atoms with Crippen molar-refractivity contribution in [1.82, 2.24) is 10.2 Å². The molecule has 18 heavy (non-hydrogen) atoms. The highest BCUT2D eigenvalue weighted by Crippen LogP contribution is 2.16. The molecule has 0 spiro atoms. The van der Waals surface area contributed by atoms with E-state index < -0.39 is 0 Å². The molecule has 0 amide bonds. The Morgan fingerprint density at radius 2 is 2.39 bits per heavy atom. The van der Waals surface area contributed by atoms with Gasteiger partial charge in [-0.05, 0) is 5.56 Å². The van der Waals surface area contributed by atoms with Crippen LogP contribution >= 0.6 is 0 Å². The highest BCUT2D eigenvalue weighted by Gasteiger charge is 2.21. The summed E-state index contributed by atoms with van der Waals surface area (Å²) in [6.07, 6.45) is 0. The van der Waals surface area contributed by atoms with E-state index in [2.05, 4.69) is 10.2 Å². The van der Waals surface area contributed by atoms with Gasteiger partial charge < -0.3 is 10.4 Å². The summed E-state index contributed by atoms with van der Waals surface area (Å²) >= 11 is 0. The topological polar surface area (TPSA) is 78.6 Å². The van der Waals surface area contributed by atoms with E-state index in [9.17, 15) is 15.2 Å². The molecule has 1 aromatic carbocycles. The highest BCUT2D eigenvalue weighted by atomic mass is 16.6. The van der Waals surface area contributed by atoms with Crippen LogP contribution in [0.25, 0.3) is 0 Å². The number of aliphatic hydroxyl groups excluding tert-OH is 1. The van der Waals surface area contributed by atoms with Gasteiger partial charge in [0.1, 0.15) is 0 Å². The minimum Gasteiger partial charge on any atom is -0.395 e. The van der Waals surface area contributed by atoms with E-state index in [-0.39, 0.29) is 23.3 Å². The lowest BCUT2D eigenvalue weighted by Crippen LogP contribution is -2.52. The number of nitro groups is 1. The Hall–Kier alpha value is -1.50. The largest absolute Gasteiger partial charge is 0.395 e. The van der Waals surface area contributed by atoms with Gasteiger partial charge in [0, 0.05) is 44.4 Å². The summed E-state index contributed by atoms with van der Waals surface area (Å²) in [5.41, 5.74) is 1.02. The van der Waals surface area contributed by atoms with Crippen LogP contribution < -0.4 is 5.32 Å². The Balaban J connectivity index is 2.07. The number of hydrogen-bond donors (Lipinski definition) is 2. The predicted molar refractivity (Wildman–Crippen MR) is 67.2 cm³/mol. The second-order valence-corrected chi connectivity index (χ2v) is 4.44. The molecule has 6 heteroatoms. The first-order valence-electron chi connectivity index (χ1n) is 5.99. The fourth-order valence-electron chi connectivity index (χ4n) is 2.19. The minimum atomic E-state index is -0.384. The molecule has 1 unspecified atom stereocenters. The molecule has 1 fully saturated rings. The van der Waals surface area contributed by atoms with Crippen LogP contribution in [0.5, 0.6) is 0 Å². The van der Waals surface area contributed by atoms with E-state index in [1.165, 1.54) is 6.07 Å². The molecule has 6 nitrogen and oxygen atoms in total. The van der Waals surface area contributed by atoms with Crippen LogP contribution in [0.1, 0.15) is 5.56 Å². The van der Waals surface area contributed by atoms with Gasteiger partial charge in [-0.15, -0.1) is 0 Å². The van der Waals surface area contributed by atoms with Crippen molar-refractivity contribution in [3.8, 4) is 0 Å². The number of nitrogens with one attached hydrogen (secondary N) is 1. The molecule has 1 saturated heterocycles. The van der Waals surface area contributed by atoms with Crippen molar-refractivity contribution in [2.45, 2.75) is 12.6 Å². The maximum atomic E-state index is 10.7. The first-order chi connectivity index (χ1) is 8.70. The molecular weight excluding hydrogens is 234 g/mol. The molecule has 1 aromatic rings. The predicted octanol–water partition coefficient (Wildman–Crippen LogP) is 0.361. The number of piperazine rings is 1. The van der Waals surface area contributed by atoms with E-state index in [0.29, 0.717) is 6.54 Å². The third-order valence-corrected chi connectivity index (χ3v) is 3.19. The van der Waals surface area contributed by atoms with Gasteiger partial charge in [-0.3, -0.25) is 15.0 Å². The summed E-state index contributed by atoms with van der Waals surface area (Å²) in [4.78, 5) is 12.5. The molecule has 0 aliphatic carbocycles. The van der Waals surface area contributed by atoms with Gasteiger partial charge in [-0.25, -0.2) is 0 Å². The van der Waals surface area contributed by atoms with Crippen LogP contribution in [-0.2, 0) is 6.54 Å². The van der Waals surface area contributed by atoms with Crippen molar-refractivity contribution < 1.29 is 10.0 Å². The average Bonchev–Trinajstić information content (AvgIpc) is 2.39. The van der Waals surface area contributed by atoms with Crippen molar-refractivity contribution >= 4 is 5.69 Å². The smallest absolute Gasteiger partial charge is 0.269 e. The molecule has 2 rings (SSSR count). The van der Waals surface area contributed by atoms with E-state index in [4.69, 9.17) is 0 Å². The average molecular weight is 251 g/mol. The molecule has 0 saturated carbocycles. The van der Waals surface area contributed by atoms with Crippen LogP contribution in [0, 0.1) is 10.1 Å². The summed E-state index contributed by atoms with van der Waals surface area (Å²) in [7, 11) is 0. The number of rotatable bonds is 4. The second kappa shape index (κ2) is 5.90. The number of nitrogens with zero attached hydrogens (tertiary/aromatic N) is 2. The molecule has 1 heterocycles. The fourth-order valence-corrected chi connectivity index (χ4v) is 2.19. The molecular formula is C12H17N3O3. The SMILES string of the molecule is O=[N+]([O-])c1cccc(CN2CCNCC2CO)c1. The van der Waals surface area contributed by atoms with Crippen molar-refractivity contribution in [2.24, 2.45) is 0 Å². The molecule has 2 N–H and O–H groups in total. The zero-order valence-corrected chi connectivity index (χ0v) is 10.1. The standard InChI is InChI=1S/C12H17N3O3/c16-9-12-7-13-4-5-14(12)8-10-2-1-3-11(6-10)15(17)18/h1-3,6,12-13,16H,4-5,7-9H2. The first kappa shape index (κ1) is 12.9. The Labute approximate surface area is 105 Å². The van der Waals surface area contributed by atoms with Crippen LogP contribution in [0.4, 0.5) is 5.69 Å². The molecule has 0 bridgehead atoms. The van der Waals surface area contributed by atoms with Crippen LogP contribution in [0.2, 0.25) is 0 Å². The van der Waals surface area contributed by atoms with Crippen LogP contribution in [0.15, 0.2) is 24.3 Å². The minimum absolute atomic E-state index is 0.0815. The maximum absolute atomic E-state index is 10.7. The van der Waals surface area contributed by atoms with Gasteiger partial charge in [-0.1, -0.05) is 12.1 Å². The molecule has 0 aromatic heterocycles. The quantitative estimate of drug-likeness (QED) is 0.596. The number of nitro benzene ring substituents is 1. The Morgan fingerprint density at radius 3 is 3.11 bits per heavy atom. The first-order valence-corrected chi connectivity index (χ1v) is 5.99. The third kappa shape index (κ3) is 3.04. The summed E-state index contributed by atoms with van der Waals surface area (Å²) in [5, 5.41) is 23.2. The summed E-state index contributed by atoms with van der Waals surface area (Å²) in [6, 6.07) is 6.74. The number of aliphatic hydroxyl groups is 1. The number of non-ortho nitro benzene ring substituents is 1. The molecule has 1 aliphatic heterocycles. The van der Waals surface area contributed by atoms with Gasteiger partial charge in [0.2, 0.25) is 0 Å². The molecule has 98 valence electrons. The Bertz CT molecular complexity index is 425. The van der Waals surface area contributed by atoms with Gasteiger partial charge in [0.05, 0.1) is 11.5 Å².